The van der Waals surface area contributed by atoms with Gasteiger partial charge in [-0.1, -0.05) is 0 Å². The second kappa shape index (κ2) is 7.09. The van der Waals surface area contributed by atoms with Crippen LogP contribution >= 0.6 is 25.2 Å². The Balaban J connectivity index is 1.86. The van der Waals surface area contributed by atoms with Crippen LogP contribution in [0.5, 0.6) is 5.75 Å². The van der Waals surface area contributed by atoms with Crippen molar-refractivity contribution in [2.75, 3.05) is 33.3 Å². The number of fused-ring (bicyclic) bond motifs is 1. The summed E-state index contributed by atoms with van der Waals surface area (Å²) in [5.41, 5.74) is 0.718. The normalized spacial score (nSPS) is 14.7. The lowest BCUT2D eigenvalue weighted by atomic mass is 10.1. The molecule has 3 rings (SSSR count). The highest BCUT2D eigenvalue weighted by atomic mass is 79.9. The lowest BCUT2D eigenvalue weighted by Crippen LogP contribution is -2.51. The molecular weight excluding hydrogens is 411 g/mol. The van der Waals surface area contributed by atoms with Gasteiger partial charge in [0.15, 0.2) is 0 Å². The monoisotopic (exact) mass is 426 g/mol. The molecular formula is C15H16BrN4O4P. The molecule has 2 amide bonds. The van der Waals surface area contributed by atoms with Crippen LogP contribution in [0, 0.1) is 0 Å². The lowest BCUT2D eigenvalue weighted by molar-refractivity contribution is -0.127. The predicted molar refractivity (Wildman–Crippen MR) is 97.9 cm³/mol. The van der Waals surface area contributed by atoms with Gasteiger partial charge in [0.05, 0.1) is 29.8 Å². The number of nitrogens with zero attached hydrogens (tertiary/aromatic N) is 3. The first kappa shape index (κ1) is 17.8. The minimum Gasteiger partial charge on any atom is -0.494 e. The number of ketones is 1. The van der Waals surface area contributed by atoms with E-state index in [1.54, 1.807) is 4.90 Å². The molecule has 0 bridgehead atoms. The molecule has 3 heterocycles. The Kier molecular flexibility index (Phi) is 5.06. The van der Waals surface area contributed by atoms with Gasteiger partial charge in [-0.2, -0.15) is 0 Å². The molecule has 2 aromatic rings. The van der Waals surface area contributed by atoms with Crippen molar-refractivity contribution in [3.63, 3.8) is 0 Å². The molecule has 25 heavy (non-hydrogen) atoms. The molecule has 1 atom stereocenters. The maximum absolute atomic E-state index is 12.7. The summed E-state index contributed by atoms with van der Waals surface area (Å²) in [6.45, 7) is 1.48. The molecule has 1 aliphatic rings. The van der Waals surface area contributed by atoms with E-state index in [0.717, 1.165) is 0 Å². The largest absolute Gasteiger partial charge is 0.494 e. The fourth-order valence-corrected chi connectivity index (χ4v) is 3.48. The van der Waals surface area contributed by atoms with E-state index in [0.29, 0.717) is 47.4 Å². The molecule has 10 heteroatoms. The second-order valence-electron chi connectivity index (χ2n) is 5.52. The SMILES string of the molecule is COc1cnc(Br)c2[nH]cc(C(=O)C(=O)N3CCN(C(=O)P)CC3)c12. The van der Waals surface area contributed by atoms with E-state index in [2.05, 4.69) is 35.1 Å². The van der Waals surface area contributed by atoms with E-state index in [1.807, 2.05) is 0 Å². The highest BCUT2D eigenvalue weighted by Gasteiger charge is 2.30. The van der Waals surface area contributed by atoms with Crippen LogP contribution in [0.2, 0.25) is 0 Å². The van der Waals surface area contributed by atoms with Gasteiger partial charge in [-0.3, -0.25) is 14.4 Å². The van der Waals surface area contributed by atoms with Gasteiger partial charge in [-0.25, -0.2) is 4.98 Å². The number of ether oxygens (including phenoxy) is 1. The van der Waals surface area contributed by atoms with Gasteiger partial charge in [-0.05, 0) is 25.2 Å². The molecule has 1 aliphatic heterocycles. The maximum Gasteiger partial charge on any atom is 0.295 e. The number of Topliss-reactive ketones (excluding diaryl/α,β-unsaturated/α-hetero) is 1. The first-order chi connectivity index (χ1) is 11.9. The first-order valence-electron chi connectivity index (χ1n) is 7.51. The van der Waals surface area contributed by atoms with Crippen molar-refractivity contribution >= 4 is 53.4 Å². The Morgan fingerprint density at radius 3 is 2.48 bits per heavy atom. The summed E-state index contributed by atoms with van der Waals surface area (Å²) < 4.78 is 5.80. The molecule has 0 saturated carbocycles. The number of aromatic amines is 1. The third-order valence-corrected chi connectivity index (χ3v) is 5.13. The molecule has 1 N–H and O–H groups in total. The third kappa shape index (κ3) is 3.26. The maximum atomic E-state index is 12.7. The van der Waals surface area contributed by atoms with Crippen LogP contribution in [0.25, 0.3) is 10.9 Å². The molecule has 0 radical (unpaired) electrons. The van der Waals surface area contributed by atoms with E-state index >= 15 is 0 Å². The number of methoxy groups -OCH3 is 1. The average Bonchev–Trinajstić information content (AvgIpc) is 3.07. The number of hydrogen-bond donors (Lipinski definition) is 1. The van der Waals surface area contributed by atoms with Crippen molar-refractivity contribution in [2.45, 2.75) is 0 Å². The van der Waals surface area contributed by atoms with Crippen molar-refractivity contribution in [1.82, 2.24) is 19.8 Å². The summed E-state index contributed by atoms with van der Waals surface area (Å²) in [4.78, 5) is 46.8. The van der Waals surface area contributed by atoms with E-state index < -0.39 is 11.7 Å². The quantitative estimate of drug-likeness (QED) is 0.348. The number of aromatic nitrogens is 2. The Bertz CT molecular complexity index is 861. The van der Waals surface area contributed by atoms with Gasteiger partial charge in [-0.15, -0.1) is 0 Å². The van der Waals surface area contributed by atoms with Gasteiger partial charge in [0, 0.05) is 32.4 Å². The number of H-pyrrole nitrogens is 1. The van der Waals surface area contributed by atoms with Crippen LogP contribution in [-0.4, -0.2) is 70.4 Å². The number of halogens is 1. The number of carbonyl (C=O) groups is 3. The number of nitrogens with one attached hydrogen (secondary N) is 1. The molecule has 0 aliphatic carbocycles. The van der Waals surface area contributed by atoms with Crippen LogP contribution in [0.3, 0.4) is 0 Å². The summed E-state index contributed by atoms with van der Waals surface area (Å²) in [5, 5.41) is 0.515. The zero-order valence-corrected chi connectivity index (χ0v) is 16.2. The summed E-state index contributed by atoms with van der Waals surface area (Å²) in [5.74, 6) is -0.797. The minimum atomic E-state index is -0.617. The highest BCUT2D eigenvalue weighted by Crippen LogP contribution is 2.32. The average molecular weight is 427 g/mol. The molecule has 8 nitrogen and oxygen atoms in total. The van der Waals surface area contributed by atoms with Gasteiger partial charge < -0.3 is 19.5 Å². The second-order valence-corrected chi connectivity index (χ2v) is 6.76. The fourth-order valence-electron chi connectivity index (χ4n) is 2.81. The Labute approximate surface area is 154 Å². The van der Waals surface area contributed by atoms with Crippen molar-refractivity contribution in [1.29, 1.82) is 0 Å². The molecule has 132 valence electrons. The van der Waals surface area contributed by atoms with Gasteiger partial charge >= 0.3 is 0 Å². The molecule has 1 fully saturated rings. The summed E-state index contributed by atoms with van der Waals surface area (Å²) >= 11 is 3.31. The highest BCUT2D eigenvalue weighted by molar-refractivity contribution is 9.10. The zero-order valence-electron chi connectivity index (χ0n) is 13.4. The van der Waals surface area contributed by atoms with E-state index in [9.17, 15) is 14.4 Å². The third-order valence-electron chi connectivity index (χ3n) is 4.17. The fraction of sp³-hybridized carbons (Fsp3) is 0.333. The lowest BCUT2D eigenvalue weighted by Gasteiger charge is -2.33. The first-order valence-corrected chi connectivity index (χ1v) is 8.88. The van der Waals surface area contributed by atoms with Crippen LogP contribution in [0.15, 0.2) is 17.0 Å². The summed E-state index contributed by atoms with van der Waals surface area (Å²) in [6.07, 6.45) is 2.98. The standard InChI is InChI=1S/C15H16BrN4O4P/c1-24-9-7-18-13(16)11-10(9)8(6-17-11)12(21)14(22)19-2-4-20(5-3-19)15(23)25/h6-7,17H,2-5,25H2,1H3. The van der Waals surface area contributed by atoms with E-state index in [4.69, 9.17) is 4.74 Å². The number of rotatable bonds is 3. The van der Waals surface area contributed by atoms with Crippen molar-refractivity contribution in [3.8, 4) is 5.75 Å². The van der Waals surface area contributed by atoms with Gasteiger partial charge in [0.1, 0.15) is 10.4 Å². The van der Waals surface area contributed by atoms with E-state index in [-0.39, 0.29) is 11.2 Å². The zero-order chi connectivity index (χ0) is 18.1. The van der Waals surface area contributed by atoms with E-state index in [1.165, 1.54) is 24.4 Å². The predicted octanol–water partition coefficient (Wildman–Crippen LogP) is 1.66. The smallest absolute Gasteiger partial charge is 0.295 e. The number of carbonyl (C=O) groups excluding carboxylic acids is 3. The topological polar surface area (TPSA) is 95.6 Å². The molecule has 2 aromatic heterocycles. The molecule has 0 aromatic carbocycles. The molecule has 1 unspecified atom stereocenters. The number of amides is 2. The van der Waals surface area contributed by atoms with Crippen LogP contribution in [0.1, 0.15) is 10.4 Å². The number of piperazine rings is 1. The van der Waals surface area contributed by atoms with Crippen molar-refractivity contribution in [2.24, 2.45) is 0 Å². The van der Waals surface area contributed by atoms with Crippen molar-refractivity contribution < 1.29 is 19.1 Å². The van der Waals surface area contributed by atoms with Crippen LogP contribution in [-0.2, 0) is 4.79 Å². The summed E-state index contributed by atoms with van der Waals surface area (Å²) in [7, 11) is 3.59. The van der Waals surface area contributed by atoms with Gasteiger partial charge in [0.25, 0.3) is 11.7 Å². The molecule has 1 saturated heterocycles. The van der Waals surface area contributed by atoms with Crippen molar-refractivity contribution in [3.05, 3.63) is 22.6 Å². The molecule has 0 spiro atoms. The van der Waals surface area contributed by atoms with Gasteiger partial charge in [0.2, 0.25) is 5.65 Å². The Morgan fingerprint density at radius 1 is 1.24 bits per heavy atom. The Hall–Kier alpha value is -1.99. The number of pyridine rings is 1. The summed E-state index contributed by atoms with van der Waals surface area (Å²) in [6, 6.07) is 0. The number of hydrogen-bond acceptors (Lipinski definition) is 5. The van der Waals surface area contributed by atoms with Crippen LogP contribution in [0.4, 0.5) is 4.79 Å². The Morgan fingerprint density at radius 2 is 1.88 bits per heavy atom. The van der Waals surface area contributed by atoms with Crippen LogP contribution < -0.4 is 4.74 Å². The minimum absolute atomic E-state index is 0.114.